The third-order valence-corrected chi connectivity index (χ3v) is 1.44. The van der Waals surface area contributed by atoms with E-state index >= 15 is 0 Å². The minimum atomic E-state index is -1.12. The van der Waals surface area contributed by atoms with E-state index < -0.39 is 5.97 Å². The van der Waals surface area contributed by atoms with E-state index in [2.05, 4.69) is 5.32 Å². The van der Waals surface area contributed by atoms with Gasteiger partial charge in [-0.05, 0) is 0 Å². The van der Waals surface area contributed by atoms with Crippen molar-refractivity contribution in [3.8, 4) is 0 Å². The van der Waals surface area contributed by atoms with Gasteiger partial charge in [-0.15, -0.1) is 0 Å². The van der Waals surface area contributed by atoms with Crippen LogP contribution < -0.4 is 40.0 Å². The van der Waals surface area contributed by atoms with Crippen LogP contribution in [0, 0.1) is 0 Å². The van der Waals surface area contributed by atoms with Crippen LogP contribution in [-0.2, 0) is 19.1 Å². The van der Waals surface area contributed by atoms with Crippen molar-refractivity contribution < 1.29 is 53.7 Å². The number of carbonyl (C=O) groups excluding carboxylic acids is 2. The molecule has 0 fully saturated rings. The first-order valence-corrected chi connectivity index (χ1v) is 4.72. The normalized spacial score (nSPS) is 9.31. The smallest absolute Gasteiger partial charge is 0.550 e. The predicted molar refractivity (Wildman–Crippen MR) is 49.9 cm³/mol. The molecule has 0 aliphatic heterocycles. The van der Waals surface area contributed by atoms with Gasteiger partial charge in [0.1, 0.15) is 0 Å². The Kier molecular flexibility index (Phi) is 14.7. The first-order chi connectivity index (χ1) is 7.13. The second kappa shape index (κ2) is 12.9. The Balaban J connectivity index is 0. The van der Waals surface area contributed by atoms with Crippen LogP contribution in [0.1, 0.15) is 13.3 Å². The van der Waals surface area contributed by atoms with Gasteiger partial charge in [-0.25, -0.2) is 0 Å². The van der Waals surface area contributed by atoms with E-state index in [1.165, 1.54) is 6.92 Å². The van der Waals surface area contributed by atoms with Crippen LogP contribution in [0.25, 0.3) is 0 Å². The number of carboxylic acids is 1. The quantitative estimate of drug-likeness (QED) is 0.324. The van der Waals surface area contributed by atoms with E-state index in [-0.39, 0.29) is 48.5 Å². The van der Waals surface area contributed by atoms with Crippen LogP contribution in [-0.4, -0.2) is 44.8 Å². The molecule has 6 nitrogen and oxygen atoms in total. The molecule has 0 unspecified atom stereocenters. The van der Waals surface area contributed by atoms with Crippen LogP contribution in [0.15, 0.2) is 0 Å². The Morgan fingerprint density at radius 3 is 2.19 bits per heavy atom. The number of aliphatic carboxylic acids is 1. The Morgan fingerprint density at radius 2 is 1.69 bits per heavy atom. The molecule has 0 spiro atoms. The van der Waals surface area contributed by atoms with E-state index in [0.717, 1.165) is 0 Å². The van der Waals surface area contributed by atoms with Gasteiger partial charge >= 0.3 is 29.6 Å². The summed E-state index contributed by atoms with van der Waals surface area (Å²) in [5.41, 5.74) is 0. The number of hydrogen-bond acceptors (Lipinski definition) is 5. The molecule has 0 saturated carbocycles. The monoisotopic (exact) mass is 241 g/mol. The van der Waals surface area contributed by atoms with Crippen molar-refractivity contribution in [1.82, 2.24) is 5.32 Å². The summed E-state index contributed by atoms with van der Waals surface area (Å²) in [6.07, 6.45) is -0.105. The van der Waals surface area contributed by atoms with E-state index in [1.807, 2.05) is 0 Å². The molecule has 0 heterocycles. The third kappa shape index (κ3) is 16.3. The van der Waals surface area contributed by atoms with E-state index in [0.29, 0.717) is 26.4 Å². The summed E-state index contributed by atoms with van der Waals surface area (Å²) in [5, 5.41) is 12.5. The van der Waals surface area contributed by atoms with E-state index in [4.69, 9.17) is 9.47 Å². The molecular weight excluding hydrogens is 225 g/mol. The number of carboxylic acid groups (broad SMARTS) is 1. The first-order valence-electron chi connectivity index (χ1n) is 4.72. The number of rotatable bonds is 9. The average molecular weight is 241 g/mol. The molecule has 0 saturated heterocycles. The van der Waals surface area contributed by atoms with E-state index in [9.17, 15) is 14.7 Å². The van der Waals surface area contributed by atoms with Gasteiger partial charge in [0.2, 0.25) is 5.91 Å². The van der Waals surface area contributed by atoms with Gasteiger partial charge in [0.05, 0.1) is 26.4 Å². The topological polar surface area (TPSA) is 87.7 Å². The van der Waals surface area contributed by atoms with Gasteiger partial charge in [-0.3, -0.25) is 4.79 Å². The molecular formula is C9H16NNaO5. The molecule has 0 aliphatic carbocycles. The summed E-state index contributed by atoms with van der Waals surface area (Å²) < 4.78 is 10.0. The molecule has 0 rings (SSSR count). The standard InChI is InChI=1S/C9H17NO5.Na/c1-8(11)10-3-5-15-7-6-14-4-2-9(12)13;/h2-7H2,1H3,(H,10,11)(H,12,13);/q;+1/p-1. The molecule has 0 aromatic heterocycles. The summed E-state index contributed by atoms with van der Waals surface area (Å²) in [7, 11) is 0. The van der Waals surface area contributed by atoms with Gasteiger partial charge < -0.3 is 24.7 Å². The first kappa shape index (κ1) is 18.2. The van der Waals surface area contributed by atoms with E-state index in [1.54, 1.807) is 0 Å². The number of hydrogen-bond donors (Lipinski definition) is 1. The van der Waals surface area contributed by atoms with Crippen LogP contribution in [0.3, 0.4) is 0 Å². The van der Waals surface area contributed by atoms with Crippen molar-refractivity contribution in [2.45, 2.75) is 13.3 Å². The van der Waals surface area contributed by atoms with Crippen molar-refractivity contribution in [1.29, 1.82) is 0 Å². The summed E-state index contributed by atoms with van der Waals surface area (Å²) in [4.78, 5) is 20.4. The molecule has 1 amide bonds. The Labute approximate surface area is 117 Å². The number of amides is 1. The molecule has 0 aromatic carbocycles. The molecule has 88 valence electrons. The van der Waals surface area contributed by atoms with Crippen LogP contribution in [0.2, 0.25) is 0 Å². The molecule has 0 atom stereocenters. The van der Waals surface area contributed by atoms with Gasteiger partial charge in [-0.1, -0.05) is 0 Å². The van der Waals surface area contributed by atoms with Crippen molar-refractivity contribution in [2.75, 3.05) is 33.0 Å². The minimum Gasteiger partial charge on any atom is -0.550 e. The predicted octanol–water partition coefficient (Wildman–Crippen LogP) is -4.70. The molecule has 0 aliphatic rings. The molecule has 16 heavy (non-hydrogen) atoms. The Hall–Kier alpha value is -0.140. The summed E-state index contributed by atoms with van der Waals surface area (Å²) in [6, 6.07) is 0. The molecule has 7 heteroatoms. The number of carbonyl (C=O) groups is 2. The molecule has 0 bridgehead atoms. The van der Waals surface area contributed by atoms with Gasteiger partial charge in [0.15, 0.2) is 0 Å². The second-order valence-corrected chi connectivity index (χ2v) is 2.83. The van der Waals surface area contributed by atoms with Crippen molar-refractivity contribution in [2.24, 2.45) is 0 Å². The van der Waals surface area contributed by atoms with Gasteiger partial charge in [-0.2, -0.15) is 0 Å². The van der Waals surface area contributed by atoms with Crippen molar-refractivity contribution in [3.05, 3.63) is 0 Å². The van der Waals surface area contributed by atoms with Crippen molar-refractivity contribution >= 4 is 11.9 Å². The number of nitrogens with one attached hydrogen (secondary N) is 1. The van der Waals surface area contributed by atoms with Gasteiger partial charge in [0, 0.05) is 25.9 Å². The number of ether oxygens (including phenoxy) is 2. The zero-order chi connectivity index (χ0) is 11.5. The fourth-order valence-electron chi connectivity index (χ4n) is 0.777. The Bertz CT molecular complexity index is 180. The van der Waals surface area contributed by atoms with Gasteiger partial charge in [0.25, 0.3) is 0 Å². The molecule has 0 radical (unpaired) electrons. The maximum Gasteiger partial charge on any atom is 1.00 e. The maximum atomic E-state index is 10.4. The molecule has 1 N–H and O–H groups in total. The third-order valence-electron chi connectivity index (χ3n) is 1.44. The van der Waals surface area contributed by atoms with Crippen molar-refractivity contribution in [3.63, 3.8) is 0 Å². The fraction of sp³-hybridized carbons (Fsp3) is 0.778. The molecule has 0 aromatic rings. The Morgan fingerprint density at radius 1 is 1.12 bits per heavy atom. The SMILES string of the molecule is CC(=O)NCCOCCOCCC(=O)[O-].[Na+]. The summed E-state index contributed by atoms with van der Waals surface area (Å²) in [6.45, 7) is 3.18. The largest absolute Gasteiger partial charge is 1.00 e. The van der Waals surface area contributed by atoms with Crippen LogP contribution >= 0.6 is 0 Å². The maximum absolute atomic E-state index is 10.4. The summed E-state index contributed by atoms with van der Waals surface area (Å²) in [5.74, 6) is -1.22. The fourth-order valence-corrected chi connectivity index (χ4v) is 0.777. The minimum absolute atomic E-state index is 0. The van der Waals surface area contributed by atoms with Crippen LogP contribution in [0.5, 0.6) is 0 Å². The summed E-state index contributed by atoms with van der Waals surface area (Å²) >= 11 is 0. The average Bonchev–Trinajstić information content (AvgIpc) is 2.14. The van der Waals surface area contributed by atoms with Crippen LogP contribution in [0.4, 0.5) is 0 Å². The zero-order valence-electron chi connectivity index (χ0n) is 9.78. The second-order valence-electron chi connectivity index (χ2n) is 2.83. The zero-order valence-corrected chi connectivity index (χ0v) is 11.8.